The lowest BCUT2D eigenvalue weighted by Gasteiger charge is -2.32. The van der Waals surface area contributed by atoms with Crippen molar-refractivity contribution in [1.82, 2.24) is 0 Å². The van der Waals surface area contributed by atoms with Gasteiger partial charge in [0, 0.05) is 17.3 Å². The van der Waals surface area contributed by atoms with Crippen molar-refractivity contribution in [2.45, 2.75) is 26.0 Å². The third kappa shape index (κ3) is 3.15. The predicted octanol–water partition coefficient (Wildman–Crippen LogP) is 2.02. The maximum Gasteiger partial charge on any atom is 0.338 e. The Kier molecular flexibility index (Phi) is 5.08. The number of hydrogen-bond donors (Lipinski definition) is 1. The minimum Gasteiger partial charge on any atom is -0.465 e. The zero-order chi connectivity index (χ0) is 15.6. The number of ether oxygens (including phenoxy) is 2. The van der Waals surface area contributed by atoms with E-state index in [0.717, 1.165) is 11.3 Å². The number of esters is 1. The number of carbonyl (C=O) groups is 1. The number of likely N-dealkylation sites (N-methyl/N-ethyl adjacent to an activating group) is 1. The van der Waals surface area contributed by atoms with E-state index >= 15 is 0 Å². The molecule has 5 nitrogen and oxygen atoms in total. The van der Waals surface area contributed by atoms with Gasteiger partial charge in [-0.1, -0.05) is 11.6 Å². The first kappa shape index (κ1) is 16.1. The van der Waals surface area contributed by atoms with Crippen molar-refractivity contribution >= 4 is 23.3 Å². The standard InChI is InChI=1S/C15H20ClNO4/c1-4-17(13-7-21-8-14(13)18)12-6-10(16)5-11(9(12)2)15(19)20-3/h5-6,13-14,18H,4,7-8H2,1-3H3. The summed E-state index contributed by atoms with van der Waals surface area (Å²) in [6, 6.07) is 3.26. The fourth-order valence-electron chi connectivity index (χ4n) is 2.70. The average Bonchev–Trinajstić information content (AvgIpc) is 2.88. The fraction of sp³-hybridized carbons (Fsp3) is 0.533. The molecule has 0 radical (unpaired) electrons. The highest BCUT2D eigenvalue weighted by Gasteiger charge is 2.32. The molecule has 116 valence electrons. The number of aliphatic hydroxyl groups excluding tert-OH is 1. The second-order valence-corrected chi connectivity index (χ2v) is 5.48. The highest BCUT2D eigenvalue weighted by atomic mass is 35.5. The number of nitrogens with zero attached hydrogens (tertiary/aromatic N) is 1. The summed E-state index contributed by atoms with van der Waals surface area (Å²) in [5.74, 6) is -0.421. The van der Waals surface area contributed by atoms with Crippen molar-refractivity contribution in [3.05, 3.63) is 28.3 Å². The smallest absolute Gasteiger partial charge is 0.338 e. The van der Waals surface area contributed by atoms with Crippen LogP contribution < -0.4 is 4.90 Å². The maximum absolute atomic E-state index is 11.9. The maximum atomic E-state index is 11.9. The van der Waals surface area contributed by atoms with Crippen molar-refractivity contribution in [3.8, 4) is 0 Å². The van der Waals surface area contributed by atoms with Gasteiger partial charge in [0.25, 0.3) is 0 Å². The Bertz CT molecular complexity index is 535. The first-order valence-corrected chi connectivity index (χ1v) is 7.28. The largest absolute Gasteiger partial charge is 0.465 e. The number of benzene rings is 1. The van der Waals surface area contributed by atoms with Crippen LogP contribution in [0.3, 0.4) is 0 Å². The summed E-state index contributed by atoms with van der Waals surface area (Å²) in [6.45, 7) is 5.29. The Balaban J connectivity index is 2.46. The molecule has 1 fully saturated rings. The van der Waals surface area contributed by atoms with Crippen molar-refractivity contribution in [2.24, 2.45) is 0 Å². The Morgan fingerprint density at radius 3 is 2.76 bits per heavy atom. The molecule has 1 aromatic carbocycles. The SMILES string of the molecule is CCN(c1cc(Cl)cc(C(=O)OC)c1C)C1COCC1O. The molecule has 1 aromatic rings. The molecular formula is C15H20ClNO4. The zero-order valence-corrected chi connectivity index (χ0v) is 13.2. The number of hydrogen-bond acceptors (Lipinski definition) is 5. The average molecular weight is 314 g/mol. The highest BCUT2D eigenvalue weighted by Crippen LogP contribution is 2.31. The molecule has 2 atom stereocenters. The van der Waals surface area contributed by atoms with E-state index in [1.54, 1.807) is 12.1 Å². The third-order valence-corrected chi connectivity index (χ3v) is 4.04. The summed E-state index contributed by atoms with van der Waals surface area (Å²) < 4.78 is 10.1. The van der Waals surface area contributed by atoms with Crippen LogP contribution >= 0.6 is 11.6 Å². The zero-order valence-electron chi connectivity index (χ0n) is 12.4. The summed E-state index contributed by atoms with van der Waals surface area (Å²) >= 11 is 6.14. The van der Waals surface area contributed by atoms with Gasteiger partial charge in [-0.25, -0.2) is 4.79 Å². The van der Waals surface area contributed by atoms with Crippen LogP contribution in [0.4, 0.5) is 5.69 Å². The van der Waals surface area contributed by atoms with E-state index in [9.17, 15) is 9.90 Å². The summed E-state index contributed by atoms with van der Waals surface area (Å²) in [7, 11) is 1.34. The number of anilines is 1. The normalized spacial score (nSPS) is 21.4. The summed E-state index contributed by atoms with van der Waals surface area (Å²) in [5.41, 5.74) is 2.04. The Morgan fingerprint density at radius 1 is 1.52 bits per heavy atom. The molecule has 2 unspecified atom stereocenters. The predicted molar refractivity (Wildman–Crippen MR) is 81.2 cm³/mol. The van der Waals surface area contributed by atoms with E-state index in [0.29, 0.717) is 30.3 Å². The number of aliphatic hydroxyl groups is 1. The monoisotopic (exact) mass is 313 g/mol. The molecule has 1 aliphatic rings. The van der Waals surface area contributed by atoms with Crippen LogP contribution in [0.1, 0.15) is 22.8 Å². The number of carbonyl (C=O) groups excluding carboxylic acids is 1. The Morgan fingerprint density at radius 2 is 2.24 bits per heavy atom. The number of rotatable bonds is 4. The van der Waals surface area contributed by atoms with Gasteiger partial charge in [-0.2, -0.15) is 0 Å². The summed E-state index contributed by atoms with van der Waals surface area (Å²) in [5, 5.41) is 10.5. The van der Waals surface area contributed by atoms with Gasteiger partial charge in [0.05, 0.1) is 38.0 Å². The number of methoxy groups -OCH3 is 1. The molecule has 0 bridgehead atoms. The van der Waals surface area contributed by atoms with Gasteiger partial charge < -0.3 is 19.5 Å². The van der Waals surface area contributed by atoms with Crippen molar-refractivity contribution < 1.29 is 19.4 Å². The molecule has 1 saturated heterocycles. The second-order valence-electron chi connectivity index (χ2n) is 5.05. The van der Waals surface area contributed by atoms with Crippen molar-refractivity contribution in [3.63, 3.8) is 0 Å². The third-order valence-electron chi connectivity index (χ3n) is 3.82. The molecule has 1 N–H and O–H groups in total. The van der Waals surface area contributed by atoms with Crippen molar-refractivity contribution in [1.29, 1.82) is 0 Å². The van der Waals surface area contributed by atoms with E-state index in [4.69, 9.17) is 21.1 Å². The highest BCUT2D eigenvalue weighted by molar-refractivity contribution is 6.31. The minimum atomic E-state index is -0.551. The molecule has 0 spiro atoms. The quantitative estimate of drug-likeness (QED) is 0.862. The van der Waals surface area contributed by atoms with E-state index in [1.807, 2.05) is 18.7 Å². The van der Waals surface area contributed by atoms with Crippen molar-refractivity contribution in [2.75, 3.05) is 31.8 Å². The van der Waals surface area contributed by atoms with E-state index < -0.39 is 12.1 Å². The Hall–Kier alpha value is -1.30. The number of halogens is 1. The molecule has 1 heterocycles. The van der Waals surface area contributed by atoms with Crippen LogP contribution in [0.15, 0.2) is 12.1 Å². The van der Waals surface area contributed by atoms with Gasteiger partial charge in [0.15, 0.2) is 0 Å². The van der Waals surface area contributed by atoms with Gasteiger partial charge >= 0.3 is 5.97 Å². The lowest BCUT2D eigenvalue weighted by molar-refractivity contribution is 0.0600. The molecule has 2 rings (SSSR count). The first-order chi connectivity index (χ1) is 9.99. The van der Waals surface area contributed by atoms with E-state index in [1.165, 1.54) is 7.11 Å². The topological polar surface area (TPSA) is 59.0 Å². The summed E-state index contributed by atoms with van der Waals surface area (Å²) in [4.78, 5) is 13.9. The van der Waals surface area contributed by atoms with Gasteiger partial charge in [0.1, 0.15) is 0 Å². The van der Waals surface area contributed by atoms with Crippen LogP contribution in [0, 0.1) is 6.92 Å². The lowest BCUT2D eigenvalue weighted by atomic mass is 10.0. The molecule has 1 aliphatic heterocycles. The van der Waals surface area contributed by atoms with Crippen LogP contribution in [-0.4, -0.2) is 50.1 Å². The van der Waals surface area contributed by atoms with Crippen LogP contribution in [-0.2, 0) is 9.47 Å². The van der Waals surface area contributed by atoms with Crippen LogP contribution in [0.5, 0.6) is 0 Å². The molecule has 21 heavy (non-hydrogen) atoms. The Labute approximate surface area is 129 Å². The van der Waals surface area contributed by atoms with E-state index in [-0.39, 0.29) is 6.04 Å². The molecule has 0 amide bonds. The second kappa shape index (κ2) is 6.64. The summed E-state index contributed by atoms with van der Waals surface area (Å²) in [6.07, 6.45) is -0.551. The first-order valence-electron chi connectivity index (χ1n) is 6.90. The van der Waals surface area contributed by atoms with Gasteiger partial charge in [-0.3, -0.25) is 0 Å². The van der Waals surface area contributed by atoms with E-state index in [2.05, 4.69) is 0 Å². The lowest BCUT2D eigenvalue weighted by Crippen LogP contribution is -2.43. The fourth-order valence-corrected chi connectivity index (χ4v) is 2.91. The molecule has 0 aromatic heterocycles. The molecule has 0 aliphatic carbocycles. The van der Waals surface area contributed by atoms with Crippen LogP contribution in [0.2, 0.25) is 5.02 Å². The van der Waals surface area contributed by atoms with Gasteiger partial charge in [0.2, 0.25) is 0 Å². The minimum absolute atomic E-state index is 0.141. The molecule has 0 saturated carbocycles. The van der Waals surface area contributed by atoms with Gasteiger partial charge in [-0.05, 0) is 31.5 Å². The van der Waals surface area contributed by atoms with Gasteiger partial charge in [-0.15, -0.1) is 0 Å². The molecular weight excluding hydrogens is 294 g/mol. The van der Waals surface area contributed by atoms with Crippen LogP contribution in [0.25, 0.3) is 0 Å². The molecule has 6 heteroatoms.